The van der Waals surface area contributed by atoms with Gasteiger partial charge in [0.15, 0.2) is 0 Å². The second kappa shape index (κ2) is 5.19. The van der Waals surface area contributed by atoms with Gasteiger partial charge in [0.25, 0.3) is 0 Å². The van der Waals surface area contributed by atoms with Crippen molar-refractivity contribution in [2.24, 2.45) is 0 Å². The first kappa shape index (κ1) is 12.4. The highest BCUT2D eigenvalue weighted by Gasteiger charge is 2.42. The predicted octanol–water partition coefficient (Wildman–Crippen LogP) is 2.86. The highest BCUT2D eigenvalue weighted by molar-refractivity contribution is 5.01. The van der Waals surface area contributed by atoms with Crippen LogP contribution in [0.1, 0.15) is 57.8 Å². The Morgan fingerprint density at radius 2 is 1.94 bits per heavy atom. The first-order chi connectivity index (χ1) is 8.83. The molecular weight excluding hydrogens is 224 g/mol. The van der Waals surface area contributed by atoms with E-state index in [0.717, 1.165) is 26.0 Å². The molecule has 1 spiro atoms. The molecule has 1 aliphatic carbocycles. The first-order valence-electron chi connectivity index (χ1n) is 7.62. The Kier molecular flexibility index (Phi) is 3.59. The summed E-state index contributed by atoms with van der Waals surface area (Å²) in [7, 11) is 0. The van der Waals surface area contributed by atoms with Crippen LogP contribution in [0.3, 0.4) is 0 Å². The fraction of sp³-hybridized carbons (Fsp3) is 0.933. The van der Waals surface area contributed by atoms with Crippen LogP contribution in [0.4, 0.5) is 0 Å². The minimum atomic E-state index is 0.167. The number of likely N-dealkylation sites (tertiary alicyclic amines) is 1. The molecule has 2 saturated heterocycles. The summed E-state index contributed by atoms with van der Waals surface area (Å²) in [6.45, 7) is 2.03. The monoisotopic (exact) mass is 248 g/mol. The number of hydrogen-bond donors (Lipinski definition) is 0. The molecule has 100 valence electrons. The highest BCUT2D eigenvalue weighted by atomic mass is 16.5. The normalized spacial score (nSPS) is 36.6. The molecule has 0 radical (unpaired) electrons. The summed E-state index contributed by atoms with van der Waals surface area (Å²) in [4.78, 5) is 2.49. The van der Waals surface area contributed by atoms with Gasteiger partial charge in [-0.1, -0.05) is 12.8 Å². The molecular formula is C15H24N2O. The standard InChI is InChI=1S/C15H24N2O/c16-12-14-5-1-4-9-17(14)13-6-10-18-15(11-13)7-2-3-8-15/h13-14H,1-11H2. The highest BCUT2D eigenvalue weighted by Crippen LogP contribution is 2.42. The molecule has 2 aliphatic heterocycles. The Morgan fingerprint density at radius 1 is 1.11 bits per heavy atom. The van der Waals surface area contributed by atoms with Crippen LogP contribution in [0.15, 0.2) is 0 Å². The van der Waals surface area contributed by atoms with Gasteiger partial charge in [0.1, 0.15) is 0 Å². The quantitative estimate of drug-likeness (QED) is 0.716. The van der Waals surface area contributed by atoms with Crippen molar-refractivity contribution in [1.82, 2.24) is 4.90 Å². The first-order valence-corrected chi connectivity index (χ1v) is 7.62. The van der Waals surface area contributed by atoms with Gasteiger partial charge < -0.3 is 4.74 Å². The smallest absolute Gasteiger partial charge is 0.0980 e. The number of ether oxygens (including phenoxy) is 1. The van der Waals surface area contributed by atoms with Gasteiger partial charge in [-0.2, -0.15) is 5.26 Å². The molecule has 3 fully saturated rings. The van der Waals surface area contributed by atoms with Crippen LogP contribution in [0.5, 0.6) is 0 Å². The number of piperidine rings is 1. The predicted molar refractivity (Wildman–Crippen MR) is 70.1 cm³/mol. The molecule has 0 aromatic rings. The maximum atomic E-state index is 9.33. The Bertz CT molecular complexity index is 330. The fourth-order valence-corrected chi connectivity index (χ4v) is 4.18. The molecule has 3 heteroatoms. The van der Waals surface area contributed by atoms with Gasteiger partial charge in [-0.05, 0) is 51.5 Å². The summed E-state index contributed by atoms with van der Waals surface area (Å²) in [5.41, 5.74) is 0.181. The number of rotatable bonds is 1. The van der Waals surface area contributed by atoms with Crippen molar-refractivity contribution >= 4 is 0 Å². The molecule has 18 heavy (non-hydrogen) atoms. The molecule has 0 aromatic heterocycles. The van der Waals surface area contributed by atoms with Gasteiger partial charge in [-0.15, -0.1) is 0 Å². The van der Waals surface area contributed by atoms with Gasteiger partial charge in [0, 0.05) is 12.6 Å². The zero-order valence-electron chi connectivity index (χ0n) is 11.2. The van der Waals surface area contributed by atoms with E-state index in [4.69, 9.17) is 4.74 Å². The zero-order chi connectivity index (χ0) is 12.4. The van der Waals surface area contributed by atoms with Crippen molar-refractivity contribution in [2.75, 3.05) is 13.2 Å². The summed E-state index contributed by atoms with van der Waals surface area (Å²) < 4.78 is 6.11. The molecule has 2 heterocycles. The maximum absolute atomic E-state index is 9.33. The summed E-state index contributed by atoms with van der Waals surface area (Å²) in [6, 6.07) is 3.28. The lowest BCUT2D eigenvalue weighted by Crippen LogP contribution is -2.52. The summed E-state index contributed by atoms with van der Waals surface area (Å²) >= 11 is 0. The molecule has 0 bridgehead atoms. The van der Waals surface area contributed by atoms with Gasteiger partial charge in [0.05, 0.1) is 17.7 Å². The second-order valence-electron chi connectivity index (χ2n) is 6.26. The van der Waals surface area contributed by atoms with Crippen molar-refractivity contribution in [2.45, 2.75) is 75.5 Å². The maximum Gasteiger partial charge on any atom is 0.0980 e. The van der Waals surface area contributed by atoms with Crippen LogP contribution >= 0.6 is 0 Å². The van der Waals surface area contributed by atoms with Crippen molar-refractivity contribution < 1.29 is 4.74 Å². The average Bonchev–Trinajstić information content (AvgIpc) is 2.86. The number of nitrogens with zero attached hydrogens (tertiary/aromatic N) is 2. The van der Waals surface area contributed by atoms with Gasteiger partial charge in [0.2, 0.25) is 0 Å². The van der Waals surface area contributed by atoms with E-state index in [-0.39, 0.29) is 11.6 Å². The average molecular weight is 248 g/mol. The van der Waals surface area contributed by atoms with Crippen LogP contribution in [-0.2, 0) is 4.74 Å². The van der Waals surface area contributed by atoms with Crippen LogP contribution < -0.4 is 0 Å². The topological polar surface area (TPSA) is 36.3 Å². The molecule has 2 atom stereocenters. The van der Waals surface area contributed by atoms with E-state index >= 15 is 0 Å². The van der Waals surface area contributed by atoms with Crippen molar-refractivity contribution in [1.29, 1.82) is 5.26 Å². The van der Waals surface area contributed by atoms with E-state index in [9.17, 15) is 5.26 Å². The van der Waals surface area contributed by atoms with Gasteiger partial charge in [-0.25, -0.2) is 0 Å². The van der Waals surface area contributed by atoms with Gasteiger partial charge >= 0.3 is 0 Å². The van der Waals surface area contributed by atoms with Crippen molar-refractivity contribution in [3.05, 3.63) is 0 Å². The van der Waals surface area contributed by atoms with E-state index in [1.54, 1.807) is 0 Å². The Morgan fingerprint density at radius 3 is 2.72 bits per heavy atom. The summed E-state index contributed by atoms with van der Waals surface area (Å²) in [5, 5.41) is 9.33. The molecule has 0 amide bonds. The summed E-state index contributed by atoms with van der Waals surface area (Å²) in [6.07, 6.45) is 11.0. The molecule has 3 aliphatic rings. The zero-order valence-corrected chi connectivity index (χ0v) is 11.2. The Labute approximate surface area is 110 Å². The van der Waals surface area contributed by atoms with E-state index in [0.29, 0.717) is 6.04 Å². The Hall–Kier alpha value is -0.590. The van der Waals surface area contributed by atoms with Crippen LogP contribution in [0.2, 0.25) is 0 Å². The number of nitriles is 1. The Balaban J connectivity index is 1.69. The van der Waals surface area contributed by atoms with Crippen LogP contribution in [0.25, 0.3) is 0 Å². The van der Waals surface area contributed by atoms with E-state index < -0.39 is 0 Å². The lowest BCUT2D eigenvalue weighted by molar-refractivity contribution is -0.107. The molecule has 3 nitrogen and oxygen atoms in total. The number of hydrogen-bond acceptors (Lipinski definition) is 3. The fourth-order valence-electron chi connectivity index (χ4n) is 4.18. The minimum absolute atomic E-state index is 0.167. The third-order valence-electron chi connectivity index (χ3n) is 5.14. The van der Waals surface area contributed by atoms with E-state index in [1.165, 1.54) is 44.9 Å². The van der Waals surface area contributed by atoms with Crippen molar-refractivity contribution in [3.63, 3.8) is 0 Å². The van der Waals surface area contributed by atoms with E-state index in [1.807, 2.05) is 0 Å². The molecule has 2 unspecified atom stereocenters. The SMILES string of the molecule is N#CC1CCCCN1C1CCOC2(CCCC2)C1. The minimum Gasteiger partial charge on any atom is -0.375 e. The molecule has 0 N–H and O–H groups in total. The third-order valence-corrected chi connectivity index (χ3v) is 5.14. The van der Waals surface area contributed by atoms with Gasteiger partial charge in [-0.3, -0.25) is 4.90 Å². The molecule has 1 saturated carbocycles. The third kappa shape index (κ3) is 2.29. The largest absolute Gasteiger partial charge is 0.375 e. The van der Waals surface area contributed by atoms with Crippen LogP contribution in [0, 0.1) is 11.3 Å². The molecule has 3 rings (SSSR count). The molecule has 0 aromatic carbocycles. The van der Waals surface area contributed by atoms with Crippen LogP contribution in [-0.4, -0.2) is 35.7 Å². The van der Waals surface area contributed by atoms with Crippen molar-refractivity contribution in [3.8, 4) is 6.07 Å². The lowest BCUT2D eigenvalue weighted by atomic mass is 9.86. The lowest BCUT2D eigenvalue weighted by Gasteiger charge is -2.45. The summed E-state index contributed by atoms with van der Waals surface area (Å²) in [5.74, 6) is 0. The van der Waals surface area contributed by atoms with E-state index in [2.05, 4.69) is 11.0 Å². The second-order valence-corrected chi connectivity index (χ2v) is 6.26.